The van der Waals surface area contributed by atoms with Crippen molar-refractivity contribution in [1.29, 1.82) is 0 Å². The number of para-hydroxylation sites is 1. The Hall–Kier alpha value is -4.13. The highest BCUT2D eigenvalue weighted by Gasteiger charge is 2.31. The second-order valence-corrected chi connectivity index (χ2v) is 13.8. The second kappa shape index (κ2) is 16.6. The zero-order chi connectivity index (χ0) is 34.0. The van der Waals surface area contributed by atoms with Gasteiger partial charge in [0.25, 0.3) is 15.9 Å². The van der Waals surface area contributed by atoms with Gasteiger partial charge in [0.2, 0.25) is 0 Å². The standard InChI is InChI=1S/C35H46N4O7S/c1-25-22-39(26(2)24-40)34(41)31-21-29(37-47(43,44)30-16-9-6-10-17-30)18-19-32(31)46-27(3)13-11-12-20-45-33(25)23-38(4)35(42)36-28-14-7-5-8-15-28/h5-10,14-19,21,25-27,33,37,40H,11-13,20,22-24H2,1-4H3,(H,36,42)/t25-,26-,27+,33-/m0/s1. The number of nitrogens with one attached hydrogen (secondary N) is 2. The Morgan fingerprint density at radius 3 is 2.38 bits per heavy atom. The third-order valence-electron chi connectivity index (χ3n) is 8.18. The number of anilines is 2. The van der Waals surface area contributed by atoms with E-state index in [1.165, 1.54) is 18.2 Å². The number of hydrogen-bond donors (Lipinski definition) is 3. The average Bonchev–Trinajstić information content (AvgIpc) is 3.06. The number of amides is 3. The smallest absolute Gasteiger partial charge is 0.321 e. The number of hydrogen-bond acceptors (Lipinski definition) is 7. The van der Waals surface area contributed by atoms with Gasteiger partial charge in [0.05, 0.1) is 35.3 Å². The van der Waals surface area contributed by atoms with E-state index in [4.69, 9.17) is 9.47 Å². The maximum atomic E-state index is 14.3. The Bertz CT molecular complexity index is 1570. The molecule has 0 unspecified atom stereocenters. The largest absolute Gasteiger partial charge is 0.490 e. The van der Waals surface area contributed by atoms with Gasteiger partial charge in [0.1, 0.15) is 5.75 Å². The van der Waals surface area contributed by atoms with Crippen molar-refractivity contribution in [2.24, 2.45) is 5.92 Å². The lowest BCUT2D eigenvalue weighted by atomic mass is 10.0. The molecule has 0 saturated heterocycles. The lowest BCUT2D eigenvalue weighted by Gasteiger charge is -2.35. The predicted molar refractivity (Wildman–Crippen MR) is 182 cm³/mol. The topological polar surface area (TPSA) is 138 Å². The number of benzene rings is 3. The van der Waals surface area contributed by atoms with E-state index >= 15 is 0 Å². The number of nitrogens with zero attached hydrogens (tertiary/aromatic N) is 2. The fourth-order valence-corrected chi connectivity index (χ4v) is 6.43. The van der Waals surface area contributed by atoms with E-state index in [9.17, 15) is 23.1 Å². The average molecular weight is 667 g/mol. The van der Waals surface area contributed by atoms with Crippen LogP contribution in [0, 0.1) is 5.92 Å². The Balaban J connectivity index is 1.63. The summed E-state index contributed by atoms with van der Waals surface area (Å²) in [4.78, 5) is 30.6. The zero-order valence-corrected chi connectivity index (χ0v) is 28.3. The molecule has 0 aliphatic carbocycles. The summed E-state index contributed by atoms with van der Waals surface area (Å²) in [7, 11) is -2.22. The first-order chi connectivity index (χ1) is 22.5. The molecule has 4 atom stereocenters. The van der Waals surface area contributed by atoms with Gasteiger partial charge < -0.3 is 29.7 Å². The minimum absolute atomic E-state index is 0.0918. The number of likely N-dealkylation sites (N-methyl/N-ethyl adjacent to an activating group) is 1. The lowest BCUT2D eigenvalue weighted by Crippen LogP contribution is -2.48. The molecule has 3 aromatic carbocycles. The van der Waals surface area contributed by atoms with Crippen molar-refractivity contribution in [2.75, 3.05) is 43.4 Å². The minimum Gasteiger partial charge on any atom is -0.490 e. The molecule has 3 aromatic rings. The fourth-order valence-electron chi connectivity index (χ4n) is 5.36. The molecule has 0 radical (unpaired) electrons. The molecular weight excluding hydrogens is 620 g/mol. The number of rotatable bonds is 8. The molecule has 1 aliphatic heterocycles. The van der Waals surface area contributed by atoms with Crippen LogP contribution in [-0.4, -0.2) is 86.9 Å². The van der Waals surface area contributed by atoms with Crippen LogP contribution in [0.5, 0.6) is 5.75 Å². The monoisotopic (exact) mass is 666 g/mol. The summed E-state index contributed by atoms with van der Waals surface area (Å²) in [6.07, 6.45) is 1.65. The molecule has 0 fully saturated rings. The van der Waals surface area contributed by atoms with Crippen LogP contribution in [0.4, 0.5) is 16.2 Å². The van der Waals surface area contributed by atoms with Crippen LogP contribution >= 0.6 is 0 Å². The van der Waals surface area contributed by atoms with Gasteiger partial charge in [-0.15, -0.1) is 0 Å². The normalized spacial score (nSPS) is 20.2. The fraction of sp³-hybridized carbons (Fsp3) is 0.429. The van der Waals surface area contributed by atoms with E-state index in [0.29, 0.717) is 24.5 Å². The maximum Gasteiger partial charge on any atom is 0.321 e. The number of urea groups is 1. The summed E-state index contributed by atoms with van der Waals surface area (Å²) >= 11 is 0. The molecule has 12 heteroatoms. The highest BCUT2D eigenvalue weighted by Crippen LogP contribution is 2.29. The summed E-state index contributed by atoms with van der Waals surface area (Å²) in [5.41, 5.74) is 1.06. The number of carbonyl (C=O) groups is 2. The summed E-state index contributed by atoms with van der Waals surface area (Å²) in [6, 6.07) is 21.0. The van der Waals surface area contributed by atoms with Crippen molar-refractivity contribution in [3.8, 4) is 5.75 Å². The Kier molecular flexibility index (Phi) is 12.6. The third kappa shape index (κ3) is 9.93. The van der Waals surface area contributed by atoms with E-state index in [1.54, 1.807) is 54.1 Å². The van der Waals surface area contributed by atoms with Crippen LogP contribution in [-0.2, 0) is 14.8 Å². The first-order valence-corrected chi connectivity index (χ1v) is 17.5. The molecule has 0 aromatic heterocycles. The number of aliphatic hydroxyl groups is 1. The van der Waals surface area contributed by atoms with Crippen molar-refractivity contribution in [3.05, 3.63) is 84.4 Å². The number of aliphatic hydroxyl groups excluding tert-OH is 1. The number of fused-ring (bicyclic) bond motifs is 1. The third-order valence-corrected chi connectivity index (χ3v) is 9.58. The van der Waals surface area contributed by atoms with Crippen LogP contribution in [0.3, 0.4) is 0 Å². The van der Waals surface area contributed by atoms with E-state index < -0.39 is 28.1 Å². The van der Waals surface area contributed by atoms with Crippen molar-refractivity contribution in [1.82, 2.24) is 9.80 Å². The first kappa shape index (κ1) is 35.7. The Labute approximate surface area is 277 Å². The van der Waals surface area contributed by atoms with Crippen molar-refractivity contribution >= 4 is 33.3 Å². The van der Waals surface area contributed by atoms with Crippen LogP contribution in [0.15, 0.2) is 83.8 Å². The molecule has 0 bridgehead atoms. The molecular formula is C35H46N4O7S. The second-order valence-electron chi connectivity index (χ2n) is 12.1. The summed E-state index contributed by atoms with van der Waals surface area (Å²) in [5, 5.41) is 13.1. The minimum atomic E-state index is -3.92. The number of sulfonamides is 1. The summed E-state index contributed by atoms with van der Waals surface area (Å²) in [5.74, 6) is -0.339. The predicted octanol–water partition coefficient (Wildman–Crippen LogP) is 5.45. The van der Waals surface area contributed by atoms with Gasteiger partial charge in [0, 0.05) is 44.0 Å². The van der Waals surface area contributed by atoms with E-state index in [1.807, 2.05) is 44.2 Å². The molecule has 3 N–H and O–H groups in total. The summed E-state index contributed by atoms with van der Waals surface area (Å²) < 4.78 is 41.4. The molecule has 11 nitrogen and oxygen atoms in total. The molecule has 0 saturated carbocycles. The van der Waals surface area contributed by atoms with Gasteiger partial charge in [-0.2, -0.15) is 0 Å². The molecule has 254 valence electrons. The quantitative estimate of drug-likeness (QED) is 0.291. The van der Waals surface area contributed by atoms with Crippen molar-refractivity contribution in [2.45, 2.75) is 63.2 Å². The Morgan fingerprint density at radius 2 is 1.70 bits per heavy atom. The molecule has 0 spiro atoms. The number of ether oxygens (including phenoxy) is 2. The van der Waals surface area contributed by atoms with Crippen molar-refractivity contribution < 1.29 is 32.6 Å². The van der Waals surface area contributed by atoms with Gasteiger partial charge in [-0.3, -0.25) is 9.52 Å². The van der Waals surface area contributed by atoms with Crippen LogP contribution in [0.1, 0.15) is 50.4 Å². The molecule has 1 heterocycles. The van der Waals surface area contributed by atoms with Crippen LogP contribution < -0.4 is 14.8 Å². The summed E-state index contributed by atoms with van der Waals surface area (Å²) in [6.45, 7) is 6.27. The van der Waals surface area contributed by atoms with Crippen LogP contribution in [0.2, 0.25) is 0 Å². The highest BCUT2D eigenvalue weighted by atomic mass is 32.2. The van der Waals surface area contributed by atoms with Gasteiger partial charge >= 0.3 is 6.03 Å². The van der Waals surface area contributed by atoms with E-state index in [-0.39, 0.29) is 53.9 Å². The molecule has 3 amide bonds. The SMILES string of the molecule is C[C@@H]1CCCCO[C@@H](CN(C)C(=O)Nc2ccccc2)[C@@H](C)CN([C@@H](C)CO)C(=O)c2cc(NS(=O)(=O)c3ccccc3)ccc2O1. The Morgan fingerprint density at radius 1 is 1.02 bits per heavy atom. The molecule has 47 heavy (non-hydrogen) atoms. The van der Waals surface area contributed by atoms with Gasteiger partial charge in [-0.25, -0.2) is 13.2 Å². The zero-order valence-electron chi connectivity index (χ0n) is 27.5. The lowest BCUT2D eigenvalue weighted by molar-refractivity contribution is -0.0115. The maximum absolute atomic E-state index is 14.3. The first-order valence-electron chi connectivity index (χ1n) is 16.0. The highest BCUT2D eigenvalue weighted by molar-refractivity contribution is 7.92. The van der Waals surface area contributed by atoms with Gasteiger partial charge in [-0.05, 0) is 75.6 Å². The van der Waals surface area contributed by atoms with E-state index in [0.717, 1.165) is 12.8 Å². The van der Waals surface area contributed by atoms with Crippen molar-refractivity contribution in [3.63, 3.8) is 0 Å². The van der Waals surface area contributed by atoms with Crippen LogP contribution in [0.25, 0.3) is 0 Å². The number of carbonyl (C=O) groups excluding carboxylic acids is 2. The van der Waals surface area contributed by atoms with Gasteiger partial charge in [0.15, 0.2) is 0 Å². The van der Waals surface area contributed by atoms with E-state index in [2.05, 4.69) is 10.0 Å². The molecule has 4 rings (SSSR count). The molecule has 1 aliphatic rings. The van der Waals surface area contributed by atoms with Gasteiger partial charge in [-0.1, -0.05) is 43.3 Å².